The van der Waals surface area contributed by atoms with Crippen LogP contribution in [0.4, 0.5) is 13.2 Å². The molecule has 1 N–H and O–H groups in total. The molecule has 1 unspecified atom stereocenters. The van der Waals surface area contributed by atoms with E-state index in [1.807, 2.05) is 0 Å². The number of carbonyl (C=O) groups is 2. The summed E-state index contributed by atoms with van der Waals surface area (Å²) in [5.74, 6) is -2.57. The highest BCUT2D eigenvalue weighted by molar-refractivity contribution is 6.02. The number of hydrogen-bond donors (Lipinski definition) is 1. The van der Waals surface area contributed by atoms with Crippen molar-refractivity contribution >= 4 is 11.9 Å². The van der Waals surface area contributed by atoms with Gasteiger partial charge >= 0.3 is 18.1 Å². The van der Waals surface area contributed by atoms with Crippen molar-refractivity contribution in [2.45, 2.75) is 25.4 Å². The van der Waals surface area contributed by atoms with Crippen molar-refractivity contribution in [1.29, 1.82) is 0 Å². The topological polar surface area (TPSA) is 63.6 Å². The average molecular weight is 366 g/mol. The van der Waals surface area contributed by atoms with Gasteiger partial charge in [0, 0.05) is 0 Å². The maximum Gasteiger partial charge on any atom is 0.416 e. The quantitative estimate of drug-likeness (QED) is 0.749. The van der Waals surface area contributed by atoms with Gasteiger partial charge in [0.15, 0.2) is 0 Å². The van der Waals surface area contributed by atoms with Crippen LogP contribution in [-0.4, -0.2) is 23.7 Å². The summed E-state index contributed by atoms with van der Waals surface area (Å²) >= 11 is 0. The van der Waals surface area contributed by atoms with E-state index >= 15 is 0 Å². The van der Waals surface area contributed by atoms with Crippen molar-refractivity contribution in [3.63, 3.8) is 0 Å². The fourth-order valence-corrected chi connectivity index (χ4v) is 2.59. The smallest absolute Gasteiger partial charge is 0.416 e. The summed E-state index contributed by atoms with van der Waals surface area (Å²) in [6.07, 6.45) is -4.28. The summed E-state index contributed by atoms with van der Waals surface area (Å²) in [5.41, 5.74) is -0.867. The molecule has 2 aromatic rings. The van der Waals surface area contributed by atoms with Crippen molar-refractivity contribution in [3.8, 4) is 0 Å². The van der Waals surface area contributed by atoms with Gasteiger partial charge in [0.1, 0.15) is 0 Å². The lowest BCUT2D eigenvalue weighted by atomic mass is 9.93. The molecular formula is C19H17F3O4. The molecule has 0 saturated carbocycles. The molecule has 0 radical (unpaired) electrons. The lowest BCUT2D eigenvalue weighted by Gasteiger charge is -2.18. The molecule has 0 aliphatic rings. The van der Waals surface area contributed by atoms with Crippen LogP contribution in [0, 0.1) is 0 Å². The second-order valence-electron chi connectivity index (χ2n) is 5.76. The Morgan fingerprint density at radius 3 is 2.23 bits per heavy atom. The normalized spacial score (nSPS) is 12.5. The molecule has 0 saturated heterocycles. The van der Waals surface area contributed by atoms with Crippen molar-refractivity contribution in [2.75, 3.05) is 6.61 Å². The number of carboxylic acids is 1. The molecule has 7 heteroatoms. The van der Waals surface area contributed by atoms with Crippen LogP contribution in [-0.2, 0) is 10.9 Å². The number of halogens is 3. The highest BCUT2D eigenvalue weighted by atomic mass is 19.4. The Bertz CT molecular complexity index is 799. The zero-order chi connectivity index (χ0) is 19.3. The second-order valence-corrected chi connectivity index (χ2v) is 5.76. The van der Waals surface area contributed by atoms with E-state index in [2.05, 4.69) is 0 Å². The Labute approximate surface area is 148 Å². The first-order chi connectivity index (χ1) is 12.2. The monoisotopic (exact) mass is 366 g/mol. The van der Waals surface area contributed by atoms with E-state index in [9.17, 15) is 22.8 Å². The van der Waals surface area contributed by atoms with Gasteiger partial charge in [-0.25, -0.2) is 9.59 Å². The van der Waals surface area contributed by atoms with E-state index in [0.29, 0.717) is 0 Å². The summed E-state index contributed by atoms with van der Waals surface area (Å²) in [4.78, 5) is 23.2. The fourth-order valence-electron chi connectivity index (χ4n) is 2.59. The molecule has 0 aliphatic heterocycles. The Morgan fingerprint density at radius 1 is 1.04 bits per heavy atom. The predicted octanol–water partition coefficient (Wildman–Crippen LogP) is 4.75. The zero-order valence-electron chi connectivity index (χ0n) is 13.9. The predicted molar refractivity (Wildman–Crippen MR) is 88.2 cm³/mol. The number of rotatable bonds is 6. The maximum atomic E-state index is 13.1. The van der Waals surface area contributed by atoms with Gasteiger partial charge in [-0.1, -0.05) is 37.3 Å². The molecule has 138 valence electrons. The third-order valence-electron chi connectivity index (χ3n) is 3.96. The molecule has 26 heavy (non-hydrogen) atoms. The molecule has 4 nitrogen and oxygen atoms in total. The van der Waals surface area contributed by atoms with E-state index in [-0.39, 0.29) is 29.7 Å². The van der Waals surface area contributed by atoms with Gasteiger partial charge in [0.05, 0.1) is 23.3 Å². The summed E-state index contributed by atoms with van der Waals surface area (Å²) < 4.78 is 44.2. The van der Waals surface area contributed by atoms with Crippen LogP contribution >= 0.6 is 0 Å². The summed E-state index contributed by atoms with van der Waals surface area (Å²) in [7, 11) is 0. The largest absolute Gasteiger partial charge is 0.478 e. The fraction of sp³-hybridized carbons (Fsp3) is 0.263. The van der Waals surface area contributed by atoms with Gasteiger partial charge in [-0.3, -0.25) is 0 Å². The molecule has 0 fully saturated rings. The Hall–Kier alpha value is -2.83. The highest BCUT2D eigenvalue weighted by Gasteiger charge is 2.34. The number of carboxylic acid groups (broad SMARTS) is 1. The molecule has 0 amide bonds. The first-order valence-corrected chi connectivity index (χ1v) is 7.87. The minimum atomic E-state index is -4.46. The van der Waals surface area contributed by atoms with Gasteiger partial charge in [-0.2, -0.15) is 13.2 Å². The van der Waals surface area contributed by atoms with Gasteiger partial charge in [-0.05, 0) is 36.1 Å². The number of alkyl halides is 3. The van der Waals surface area contributed by atoms with Crippen molar-refractivity contribution in [2.24, 2.45) is 0 Å². The number of carbonyl (C=O) groups excluding carboxylic acids is 1. The van der Waals surface area contributed by atoms with Crippen LogP contribution in [0.5, 0.6) is 0 Å². The first-order valence-electron chi connectivity index (χ1n) is 7.87. The minimum absolute atomic E-state index is 0.0941. The van der Waals surface area contributed by atoms with E-state index in [0.717, 1.165) is 6.07 Å². The van der Waals surface area contributed by atoms with Crippen molar-refractivity contribution < 1.29 is 32.6 Å². The molecule has 2 aromatic carbocycles. The summed E-state index contributed by atoms with van der Waals surface area (Å²) in [6.45, 7) is 1.49. The lowest BCUT2D eigenvalue weighted by Crippen LogP contribution is -2.14. The molecular weight excluding hydrogens is 349 g/mol. The standard InChI is InChI=1S/C19H17F3O4/c1-12(13-6-4-5-9-16(13)19(20,21)22)10-11-26-18(25)15-8-3-2-7-14(15)17(23)24/h2-9,12H,10-11H2,1H3,(H,23,24). The lowest BCUT2D eigenvalue weighted by molar-refractivity contribution is -0.138. The Morgan fingerprint density at radius 2 is 1.62 bits per heavy atom. The average Bonchev–Trinajstić information content (AvgIpc) is 2.60. The van der Waals surface area contributed by atoms with Gasteiger partial charge in [0.2, 0.25) is 0 Å². The van der Waals surface area contributed by atoms with E-state index in [1.165, 1.54) is 42.5 Å². The van der Waals surface area contributed by atoms with Gasteiger partial charge < -0.3 is 9.84 Å². The van der Waals surface area contributed by atoms with Crippen molar-refractivity contribution in [3.05, 3.63) is 70.8 Å². The number of ether oxygens (including phenoxy) is 1. The Kier molecular flexibility index (Phi) is 6.02. The third kappa shape index (κ3) is 4.62. The second kappa shape index (κ2) is 8.03. The van der Waals surface area contributed by atoms with Crippen molar-refractivity contribution in [1.82, 2.24) is 0 Å². The van der Waals surface area contributed by atoms with Crippen LogP contribution in [0.1, 0.15) is 51.1 Å². The van der Waals surface area contributed by atoms with Crippen LogP contribution in [0.25, 0.3) is 0 Å². The third-order valence-corrected chi connectivity index (χ3v) is 3.96. The molecule has 0 aromatic heterocycles. The molecule has 0 bridgehead atoms. The molecule has 0 spiro atoms. The number of benzene rings is 2. The summed E-state index contributed by atoms with van der Waals surface area (Å²) in [5, 5.41) is 9.07. The molecule has 0 aliphatic carbocycles. The number of aromatic carboxylic acids is 1. The van der Waals surface area contributed by atoms with Gasteiger partial charge in [-0.15, -0.1) is 0 Å². The first kappa shape index (κ1) is 19.5. The van der Waals surface area contributed by atoms with E-state index in [4.69, 9.17) is 9.84 Å². The zero-order valence-corrected chi connectivity index (χ0v) is 13.9. The van der Waals surface area contributed by atoms with E-state index < -0.39 is 29.6 Å². The van der Waals surface area contributed by atoms with Crippen LogP contribution in [0.2, 0.25) is 0 Å². The number of hydrogen-bond acceptors (Lipinski definition) is 3. The summed E-state index contributed by atoms with van der Waals surface area (Å²) in [6, 6.07) is 10.9. The molecule has 1 atom stereocenters. The van der Waals surface area contributed by atoms with Crippen LogP contribution in [0.15, 0.2) is 48.5 Å². The number of esters is 1. The molecule has 0 heterocycles. The highest BCUT2D eigenvalue weighted by Crippen LogP contribution is 2.35. The minimum Gasteiger partial charge on any atom is -0.478 e. The molecule has 2 rings (SSSR count). The van der Waals surface area contributed by atoms with Gasteiger partial charge in [0.25, 0.3) is 0 Å². The van der Waals surface area contributed by atoms with Crippen LogP contribution < -0.4 is 0 Å². The Balaban J connectivity index is 2.03. The van der Waals surface area contributed by atoms with E-state index in [1.54, 1.807) is 6.92 Å². The SMILES string of the molecule is CC(CCOC(=O)c1ccccc1C(=O)O)c1ccccc1C(F)(F)F. The van der Waals surface area contributed by atoms with Crippen LogP contribution in [0.3, 0.4) is 0 Å². The maximum absolute atomic E-state index is 13.1.